The fraction of sp³-hybridized carbons (Fsp3) is 0.0800. The highest BCUT2D eigenvalue weighted by molar-refractivity contribution is 6.31. The summed E-state index contributed by atoms with van der Waals surface area (Å²) in [7, 11) is 0. The van der Waals surface area contributed by atoms with Crippen LogP contribution in [0.15, 0.2) is 71.1 Å². The van der Waals surface area contributed by atoms with Gasteiger partial charge in [-0.15, -0.1) is 10.2 Å². The van der Waals surface area contributed by atoms with E-state index in [-0.39, 0.29) is 11.7 Å². The molecule has 1 amide bonds. The van der Waals surface area contributed by atoms with Crippen molar-refractivity contribution in [3.63, 3.8) is 0 Å². The average molecular weight is 477 g/mol. The molecule has 8 heteroatoms. The number of hydrogen-bond acceptors (Lipinski definition) is 4. The highest BCUT2D eigenvalue weighted by Crippen LogP contribution is 2.28. The zero-order chi connectivity index (χ0) is 23.1. The summed E-state index contributed by atoms with van der Waals surface area (Å²) in [6.07, 6.45) is 0. The van der Waals surface area contributed by atoms with Gasteiger partial charge in [-0.25, -0.2) is 0 Å². The number of hydrogen-bond donors (Lipinski definition) is 1. The van der Waals surface area contributed by atoms with Crippen molar-refractivity contribution in [3.05, 3.63) is 93.7 Å². The van der Waals surface area contributed by atoms with Gasteiger partial charge >= 0.3 is 0 Å². The van der Waals surface area contributed by atoms with Crippen molar-refractivity contribution >= 4 is 45.8 Å². The van der Waals surface area contributed by atoms with Gasteiger partial charge < -0.3 is 9.73 Å². The number of aryl methyl sites for hydroxylation is 2. The number of anilines is 1. The number of nitrogens with one attached hydrogen (secondary N) is 1. The highest BCUT2D eigenvalue weighted by Gasteiger charge is 2.16. The summed E-state index contributed by atoms with van der Waals surface area (Å²) in [5, 5.41) is 13.2. The maximum Gasteiger partial charge on any atom is 0.291 e. The molecule has 2 heterocycles. The van der Waals surface area contributed by atoms with Gasteiger partial charge in [0.05, 0.1) is 5.69 Å². The highest BCUT2D eigenvalue weighted by atomic mass is 35.5. The van der Waals surface area contributed by atoms with E-state index in [4.69, 9.17) is 27.6 Å². The van der Waals surface area contributed by atoms with Gasteiger partial charge in [0.25, 0.3) is 5.91 Å². The molecular formula is C25H18Cl2N4O2. The van der Waals surface area contributed by atoms with Gasteiger partial charge in [-0.1, -0.05) is 35.3 Å². The number of carbonyl (C=O) groups excluding carboxylic acids is 1. The lowest BCUT2D eigenvalue weighted by Crippen LogP contribution is -2.11. The van der Waals surface area contributed by atoms with E-state index >= 15 is 0 Å². The summed E-state index contributed by atoms with van der Waals surface area (Å²) in [5.41, 5.74) is 5.43. The predicted octanol–water partition coefficient (Wildman–Crippen LogP) is 6.86. The molecule has 0 aliphatic heterocycles. The monoisotopic (exact) mass is 476 g/mol. The summed E-state index contributed by atoms with van der Waals surface area (Å²) < 4.78 is 5.78. The normalized spacial score (nSPS) is 11.2. The van der Waals surface area contributed by atoms with Crippen molar-refractivity contribution in [3.8, 4) is 17.0 Å². The molecule has 164 valence electrons. The molecule has 0 atom stereocenters. The molecule has 0 bridgehead atoms. The minimum absolute atomic E-state index is 0.200. The van der Waals surface area contributed by atoms with Crippen LogP contribution in [0.5, 0.6) is 0 Å². The summed E-state index contributed by atoms with van der Waals surface area (Å²) in [5.74, 6) is 0.415. The Morgan fingerprint density at radius 1 is 0.879 bits per heavy atom. The lowest BCUT2D eigenvalue weighted by atomic mass is 10.1. The molecule has 5 aromatic rings. The van der Waals surface area contributed by atoms with E-state index in [1.807, 2.05) is 50.2 Å². The maximum atomic E-state index is 12.8. The first-order chi connectivity index (χ1) is 15.9. The van der Waals surface area contributed by atoms with E-state index in [0.29, 0.717) is 27.0 Å². The van der Waals surface area contributed by atoms with Crippen LogP contribution in [0, 0.1) is 13.8 Å². The molecule has 2 aromatic heterocycles. The number of amides is 1. The largest absolute Gasteiger partial charge is 0.451 e. The van der Waals surface area contributed by atoms with Gasteiger partial charge in [0.15, 0.2) is 5.76 Å². The van der Waals surface area contributed by atoms with Gasteiger partial charge in [0.1, 0.15) is 16.8 Å². The second kappa shape index (κ2) is 8.39. The summed E-state index contributed by atoms with van der Waals surface area (Å²) in [6.45, 7) is 3.83. The standard InChI is InChI=1S/C25H18Cl2N4O2/c1-14-3-4-16(12-19(14)27)23-9-10-24(33-23)25(32)28-20-13-22-21(11-15(20)2)29-31(30-22)18-7-5-17(26)6-8-18/h3-13H,1-2H3,(H,28,32). The molecule has 0 spiro atoms. The first-order valence-electron chi connectivity index (χ1n) is 10.2. The van der Waals surface area contributed by atoms with Gasteiger partial charge in [-0.3, -0.25) is 4.79 Å². The Morgan fingerprint density at radius 3 is 2.33 bits per heavy atom. The van der Waals surface area contributed by atoms with Crippen molar-refractivity contribution in [2.75, 3.05) is 5.32 Å². The molecule has 0 saturated heterocycles. The average Bonchev–Trinajstić information content (AvgIpc) is 3.44. The summed E-state index contributed by atoms with van der Waals surface area (Å²) in [6, 6.07) is 20.0. The van der Waals surface area contributed by atoms with Crippen LogP contribution in [-0.2, 0) is 0 Å². The number of halogens is 2. The van der Waals surface area contributed by atoms with Crippen LogP contribution in [0.25, 0.3) is 28.0 Å². The van der Waals surface area contributed by atoms with E-state index in [0.717, 1.165) is 27.9 Å². The van der Waals surface area contributed by atoms with E-state index in [2.05, 4.69) is 15.5 Å². The van der Waals surface area contributed by atoms with Gasteiger partial charge in [-0.05, 0) is 79.6 Å². The summed E-state index contributed by atoms with van der Waals surface area (Å²) in [4.78, 5) is 14.4. The lowest BCUT2D eigenvalue weighted by molar-refractivity contribution is 0.0997. The number of furan rings is 1. The first kappa shape index (κ1) is 21.2. The van der Waals surface area contributed by atoms with Gasteiger partial charge in [0, 0.05) is 21.3 Å². The second-order valence-electron chi connectivity index (χ2n) is 7.70. The number of rotatable bonds is 4. The second-order valence-corrected chi connectivity index (χ2v) is 8.55. The Bertz CT molecular complexity index is 1500. The SMILES string of the molecule is Cc1ccc(-c2ccc(C(=O)Nc3cc4nn(-c5ccc(Cl)cc5)nc4cc3C)o2)cc1Cl. The number of nitrogens with zero attached hydrogens (tertiary/aromatic N) is 3. The van der Waals surface area contributed by atoms with Crippen LogP contribution in [0.1, 0.15) is 21.7 Å². The zero-order valence-corrected chi connectivity index (χ0v) is 19.3. The molecule has 1 N–H and O–H groups in total. The Morgan fingerprint density at radius 2 is 1.61 bits per heavy atom. The topological polar surface area (TPSA) is 73.0 Å². The molecule has 0 unspecified atom stereocenters. The fourth-order valence-electron chi connectivity index (χ4n) is 3.44. The van der Waals surface area contributed by atoms with Crippen LogP contribution >= 0.6 is 23.2 Å². The van der Waals surface area contributed by atoms with E-state index in [1.54, 1.807) is 30.3 Å². The van der Waals surface area contributed by atoms with Crippen molar-refractivity contribution in [2.24, 2.45) is 0 Å². The zero-order valence-electron chi connectivity index (χ0n) is 17.8. The number of fused-ring (bicyclic) bond motifs is 1. The predicted molar refractivity (Wildman–Crippen MR) is 130 cm³/mol. The van der Waals surface area contributed by atoms with Crippen molar-refractivity contribution < 1.29 is 9.21 Å². The van der Waals surface area contributed by atoms with Crippen LogP contribution in [0.2, 0.25) is 10.0 Å². The van der Waals surface area contributed by atoms with Gasteiger partial charge in [-0.2, -0.15) is 4.80 Å². The summed E-state index contributed by atoms with van der Waals surface area (Å²) >= 11 is 12.2. The lowest BCUT2D eigenvalue weighted by Gasteiger charge is -2.06. The van der Waals surface area contributed by atoms with E-state index < -0.39 is 0 Å². The first-order valence-corrected chi connectivity index (χ1v) is 10.9. The molecule has 0 aliphatic carbocycles. The van der Waals surface area contributed by atoms with E-state index in [1.165, 1.54) is 4.80 Å². The molecule has 0 fully saturated rings. The Labute approximate surface area is 199 Å². The number of aromatic nitrogens is 3. The molecule has 33 heavy (non-hydrogen) atoms. The van der Waals surface area contributed by atoms with Crippen molar-refractivity contribution in [2.45, 2.75) is 13.8 Å². The maximum absolute atomic E-state index is 12.8. The van der Waals surface area contributed by atoms with Crippen LogP contribution < -0.4 is 5.32 Å². The molecule has 3 aromatic carbocycles. The third-order valence-corrected chi connectivity index (χ3v) is 5.98. The third-order valence-electron chi connectivity index (χ3n) is 5.32. The van der Waals surface area contributed by atoms with Gasteiger partial charge in [0.2, 0.25) is 0 Å². The Balaban J connectivity index is 1.40. The molecule has 0 saturated carbocycles. The molecule has 0 radical (unpaired) electrons. The molecule has 5 rings (SSSR count). The van der Waals surface area contributed by atoms with Crippen LogP contribution in [0.3, 0.4) is 0 Å². The van der Waals surface area contributed by atoms with Crippen molar-refractivity contribution in [1.82, 2.24) is 15.0 Å². The minimum Gasteiger partial charge on any atom is -0.451 e. The minimum atomic E-state index is -0.355. The molecular weight excluding hydrogens is 459 g/mol. The number of carbonyl (C=O) groups is 1. The third kappa shape index (κ3) is 4.23. The smallest absolute Gasteiger partial charge is 0.291 e. The fourth-order valence-corrected chi connectivity index (χ4v) is 3.74. The van der Waals surface area contributed by atoms with Crippen molar-refractivity contribution in [1.29, 1.82) is 0 Å². The van der Waals surface area contributed by atoms with Crippen LogP contribution in [0.4, 0.5) is 5.69 Å². The quantitative estimate of drug-likeness (QED) is 0.307. The Hall–Kier alpha value is -3.61. The Kier molecular flexibility index (Phi) is 5.40. The molecule has 0 aliphatic rings. The van der Waals surface area contributed by atoms with E-state index in [9.17, 15) is 4.79 Å². The molecule has 6 nitrogen and oxygen atoms in total. The van der Waals surface area contributed by atoms with Crippen LogP contribution in [-0.4, -0.2) is 20.9 Å². The number of benzene rings is 3.